The van der Waals surface area contributed by atoms with Gasteiger partial charge in [-0.05, 0) is 24.3 Å². The number of carbonyl (C=O) groups is 2. The van der Waals surface area contributed by atoms with Gasteiger partial charge in [-0.3, -0.25) is 9.59 Å². The Bertz CT molecular complexity index is 428. The summed E-state index contributed by atoms with van der Waals surface area (Å²) in [7, 11) is 0. The van der Waals surface area contributed by atoms with Crippen molar-refractivity contribution in [2.24, 2.45) is 0 Å². The van der Waals surface area contributed by atoms with Crippen LogP contribution in [0.1, 0.15) is 28.9 Å². The van der Waals surface area contributed by atoms with Crippen molar-refractivity contribution in [1.29, 1.82) is 0 Å². The largest absolute Gasteiger partial charge is 0.348 e. The first kappa shape index (κ1) is 14.3. The van der Waals surface area contributed by atoms with Gasteiger partial charge in [-0.2, -0.15) is 0 Å². The molecule has 104 valence electrons. The molecule has 0 unspecified atom stereocenters. The lowest BCUT2D eigenvalue weighted by atomic mass is 10.0. The molecule has 1 aromatic rings. The zero-order valence-electron chi connectivity index (χ0n) is 10.6. The Morgan fingerprint density at radius 3 is 2.74 bits per heavy atom. The molecule has 1 saturated heterocycles. The second-order valence-corrected chi connectivity index (χ2v) is 5.87. The summed E-state index contributed by atoms with van der Waals surface area (Å²) in [5.74, 6) is 0.465. The van der Waals surface area contributed by atoms with E-state index in [2.05, 4.69) is 5.32 Å². The molecule has 2 rings (SSSR count). The Hall–Kier alpha value is -1.07. The van der Waals surface area contributed by atoms with Crippen molar-refractivity contribution >= 4 is 34.8 Å². The molecule has 0 saturated carbocycles. The summed E-state index contributed by atoms with van der Waals surface area (Å²) < 4.78 is 0. The molecule has 0 radical (unpaired) electrons. The van der Waals surface area contributed by atoms with Gasteiger partial charge in [-0.25, -0.2) is 0 Å². The van der Waals surface area contributed by atoms with Crippen LogP contribution in [0.25, 0.3) is 0 Å². The van der Waals surface area contributed by atoms with Crippen LogP contribution in [0.2, 0.25) is 0 Å². The number of piperidine rings is 1. The second kappa shape index (κ2) is 6.91. The molecule has 0 bridgehead atoms. The van der Waals surface area contributed by atoms with Crippen molar-refractivity contribution in [3.63, 3.8) is 0 Å². The van der Waals surface area contributed by atoms with Gasteiger partial charge < -0.3 is 10.2 Å². The first-order chi connectivity index (χ1) is 9.20. The number of carbonyl (C=O) groups excluding carboxylic acids is 2. The van der Waals surface area contributed by atoms with E-state index in [0.29, 0.717) is 25.4 Å². The summed E-state index contributed by atoms with van der Waals surface area (Å²) in [6.07, 6.45) is 2.02. The third-order valence-corrected chi connectivity index (χ3v) is 4.29. The van der Waals surface area contributed by atoms with Crippen LogP contribution in [0.15, 0.2) is 17.5 Å². The lowest BCUT2D eigenvalue weighted by molar-refractivity contribution is -0.131. The molecule has 4 nitrogen and oxygen atoms in total. The van der Waals surface area contributed by atoms with Crippen molar-refractivity contribution in [2.75, 3.05) is 19.0 Å². The number of thiophene rings is 1. The van der Waals surface area contributed by atoms with E-state index in [-0.39, 0.29) is 17.9 Å². The van der Waals surface area contributed by atoms with Gasteiger partial charge in [0.2, 0.25) is 5.91 Å². The number of alkyl halides is 1. The van der Waals surface area contributed by atoms with Gasteiger partial charge in [0.15, 0.2) is 0 Å². The molecule has 2 heterocycles. The molecule has 1 N–H and O–H groups in total. The van der Waals surface area contributed by atoms with Crippen molar-refractivity contribution in [3.8, 4) is 0 Å². The molecule has 6 heteroatoms. The zero-order valence-corrected chi connectivity index (χ0v) is 12.2. The molecular weight excluding hydrogens is 284 g/mol. The molecule has 2 amide bonds. The normalized spacial score (nSPS) is 16.4. The smallest absolute Gasteiger partial charge is 0.261 e. The predicted octanol–water partition coefficient (Wildman–Crippen LogP) is 2.10. The lowest BCUT2D eigenvalue weighted by Crippen LogP contribution is -2.46. The van der Waals surface area contributed by atoms with E-state index >= 15 is 0 Å². The molecule has 1 aliphatic heterocycles. The minimum Gasteiger partial charge on any atom is -0.348 e. The van der Waals surface area contributed by atoms with E-state index in [1.807, 2.05) is 22.4 Å². The highest BCUT2D eigenvalue weighted by Crippen LogP contribution is 2.14. The monoisotopic (exact) mass is 300 g/mol. The Labute approximate surface area is 121 Å². The van der Waals surface area contributed by atoms with Gasteiger partial charge in [0.25, 0.3) is 5.91 Å². The van der Waals surface area contributed by atoms with Crippen LogP contribution in [0.3, 0.4) is 0 Å². The van der Waals surface area contributed by atoms with Crippen LogP contribution in [-0.2, 0) is 4.79 Å². The molecule has 0 aliphatic carbocycles. The van der Waals surface area contributed by atoms with E-state index in [0.717, 1.165) is 17.7 Å². The number of nitrogens with one attached hydrogen (secondary N) is 1. The number of hydrogen-bond acceptors (Lipinski definition) is 3. The van der Waals surface area contributed by atoms with Gasteiger partial charge in [-0.1, -0.05) is 6.07 Å². The fourth-order valence-corrected chi connectivity index (χ4v) is 2.96. The van der Waals surface area contributed by atoms with Crippen LogP contribution in [0, 0.1) is 0 Å². The number of rotatable bonds is 4. The summed E-state index contributed by atoms with van der Waals surface area (Å²) in [6, 6.07) is 3.85. The highest BCUT2D eigenvalue weighted by Gasteiger charge is 2.23. The topological polar surface area (TPSA) is 49.4 Å². The molecule has 0 spiro atoms. The van der Waals surface area contributed by atoms with E-state index in [4.69, 9.17) is 11.6 Å². The van der Waals surface area contributed by atoms with E-state index < -0.39 is 0 Å². The highest BCUT2D eigenvalue weighted by atomic mass is 35.5. The third-order valence-electron chi connectivity index (χ3n) is 3.24. The van der Waals surface area contributed by atoms with E-state index in [1.54, 1.807) is 0 Å². The molecule has 0 atom stereocenters. The lowest BCUT2D eigenvalue weighted by Gasteiger charge is -2.32. The van der Waals surface area contributed by atoms with Crippen molar-refractivity contribution in [3.05, 3.63) is 22.4 Å². The number of nitrogens with zero attached hydrogens (tertiary/aromatic N) is 1. The van der Waals surface area contributed by atoms with Gasteiger partial charge in [-0.15, -0.1) is 22.9 Å². The summed E-state index contributed by atoms with van der Waals surface area (Å²) in [4.78, 5) is 26.1. The molecule has 1 aliphatic rings. The fourth-order valence-electron chi connectivity index (χ4n) is 2.18. The molecular formula is C13H17ClN2O2S. The average molecular weight is 301 g/mol. The summed E-state index contributed by atoms with van der Waals surface area (Å²) in [6.45, 7) is 1.40. The van der Waals surface area contributed by atoms with Crippen LogP contribution in [0.4, 0.5) is 0 Å². The fraction of sp³-hybridized carbons (Fsp3) is 0.538. The Morgan fingerprint density at radius 2 is 2.16 bits per heavy atom. The third kappa shape index (κ3) is 3.94. The summed E-state index contributed by atoms with van der Waals surface area (Å²) in [5.41, 5.74) is 0. The Morgan fingerprint density at radius 1 is 1.42 bits per heavy atom. The first-order valence-electron chi connectivity index (χ1n) is 6.39. The Kier molecular flexibility index (Phi) is 5.22. The average Bonchev–Trinajstić information content (AvgIpc) is 2.94. The van der Waals surface area contributed by atoms with Crippen molar-refractivity contribution in [2.45, 2.75) is 25.3 Å². The molecule has 0 aromatic carbocycles. The predicted molar refractivity (Wildman–Crippen MR) is 76.7 cm³/mol. The van der Waals surface area contributed by atoms with Crippen molar-refractivity contribution < 1.29 is 9.59 Å². The van der Waals surface area contributed by atoms with Crippen LogP contribution >= 0.6 is 22.9 Å². The Balaban J connectivity index is 1.77. The van der Waals surface area contributed by atoms with Gasteiger partial charge in [0.1, 0.15) is 0 Å². The zero-order chi connectivity index (χ0) is 13.7. The number of likely N-dealkylation sites (tertiary alicyclic amines) is 1. The van der Waals surface area contributed by atoms with Crippen LogP contribution in [0.5, 0.6) is 0 Å². The highest BCUT2D eigenvalue weighted by molar-refractivity contribution is 7.12. The number of halogens is 1. The summed E-state index contributed by atoms with van der Waals surface area (Å²) in [5, 5.41) is 4.91. The van der Waals surface area contributed by atoms with Crippen molar-refractivity contribution in [1.82, 2.24) is 10.2 Å². The van der Waals surface area contributed by atoms with Gasteiger partial charge in [0, 0.05) is 31.4 Å². The SMILES string of the molecule is O=C(NC1CCN(C(=O)CCCl)CC1)c1cccs1. The van der Waals surface area contributed by atoms with Gasteiger partial charge in [0.05, 0.1) is 4.88 Å². The molecule has 1 aromatic heterocycles. The van der Waals surface area contributed by atoms with E-state index in [9.17, 15) is 9.59 Å². The maximum Gasteiger partial charge on any atom is 0.261 e. The quantitative estimate of drug-likeness (QED) is 0.866. The van der Waals surface area contributed by atoms with Crippen LogP contribution < -0.4 is 5.32 Å². The standard InChI is InChI=1S/C13H17ClN2O2S/c14-6-3-12(17)16-7-4-10(5-8-16)15-13(18)11-2-1-9-19-11/h1-2,9-10H,3-8H2,(H,15,18). The minimum atomic E-state index is -0.0134. The van der Waals surface area contributed by atoms with E-state index in [1.165, 1.54) is 11.3 Å². The summed E-state index contributed by atoms with van der Waals surface area (Å²) >= 11 is 7.01. The first-order valence-corrected chi connectivity index (χ1v) is 7.80. The second-order valence-electron chi connectivity index (χ2n) is 4.54. The maximum atomic E-state index is 11.9. The molecule has 19 heavy (non-hydrogen) atoms. The maximum absolute atomic E-state index is 11.9. The minimum absolute atomic E-state index is 0.0134. The number of hydrogen-bond donors (Lipinski definition) is 1. The number of amides is 2. The van der Waals surface area contributed by atoms with Crippen LogP contribution in [-0.4, -0.2) is 41.7 Å². The van der Waals surface area contributed by atoms with Gasteiger partial charge >= 0.3 is 0 Å². The molecule has 1 fully saturated rings.